The first-order valence-corrected chi connectivity index (χ1v) is 3.80. The molecule has 0 aliphatic rings. The van der Waals surface area contributed by atoms with Crippen LogP contribution in [0, 0.1) is 5.41 Å². The number of hydrogen-bond donors (Lipinski definition) is 0. The topological polar surface area (TPSA) is 12.4 Å². The van der Waals surface area contributed by atoms with Gasteiger partial charge in [0, 0.05) is 0 Å². The quantitative estimate of drug-likeness (QED) is 0.521. The molecule has 0 unspecified atom stereocenters. The molecular formula is C7H13NV. The van der Waals surface area contributed by atoms with Crippen molar-refractivity contribution in [3.63, 3.8) is 0 Å². The number of hydrogen-bond acceptors (Lipinski definition) is 1. The summed E-state index contributed by atoms with van der Waals surface area (Å²) in [4.78, 5) is 5.93. The summed E-state index contributed by atoms with van der Waals surface area (Å²) in [5.41, 5.74) is 1.39. The van der Waals surface area contributed by atoms with E-state index in [0.29, 0.717) is 0 Å². The molecule has 0 aromatic carbocycles. The van der Waals surface area contributed by atoms with Crippen LogP contribution in [0.15, 0.2) is 4.99 Å². The minimum atomic E-state index is 0.219. The predicted molar refractivity (Wildman–Crippen MR) is 38.6 cm³/mol. The fourth-order valence-corrected chi connectivity index (χ4v) is 0.551. The van der Waals surface area contributed by atoms with Gasteiger partial charge in [-0.2, -0.15) is 0 Å². The summed E-state index contributed by atoms with van der Waals surface area (Å²) in [6.45, 7) is 8.51. The second kappa shape index (κ2) is 3.33. The Hall–Kier alpha value is 0.124. The van der Waals surface area contributed by atoms with Gasteiger partial charge in [0.05, 0.1) is 0 Å². The fourth-order valence-electron chi connectivity index (χ4n) is 0.280. The Morgan fingerprint density at radius 3 is 2.00 bits per heavy atom. The van der Waals surface area contributed by atoms with E-state index >= 15 is 0 Å². The predicted octanol–water partition coefficient (Wildman–Crippen LogP) is 1.80. The summed E-state index contributed by atoms with van der Waals surface area (Å²) < 4.78 is 0. The zero-order valence-corrected chi connectivity index (χ0v) is 7.87. The molecule has 0 spiro atoms. The van der Waals surface area contributed by atoms with Crippen LogP contribution in [0.1, 0.15) is 27.7 Å². The number of aliphatic imine (C=N–C) groups is 1. The summed E-state index contributed by atoms with van der Waals surface area (Å²) in [6, 6.07) is 0. The Balaban J connectivity index is 4.19. The van der Waals surface area contributed by atoms with Gasteiger partial charge in [0.15, 0.2) is 0 Å². The van der Waals surface area contributed by atoms with Crippen molar-refractivity contribution >= 4 is 10.6 Å². The molecule has 0 aromatic heterocycles. The molecule has 0 saturated heterocycles. The van der Waals surface area contributed by atoms with E-state index in [1.807, 2.05) is 6.92 Å². The molecule has 0 heterocycles. The molecule has 51 valence electrons. The molecule has 0 amide bonds. The molecule has 0 N–H and O–H groups in total. The Morgan fingerprint density at radius 2 is 1.89 bits per heavy atom. The van der Waals surface area contributed by atoms with Gasteiger partial charge in [-0.05, 0) is 0 Å². The van der Waals surface area contributed by atoms with Crippen molar-refractivity contribution in [3.8, 4) is 0 Å². The van der Waals surface area contributed by atoms with E-state index in [1.165, 1.54) is 5.71 Å². The van der Waals surface area contributed by atoms with Crippen LogP contribution in [0.4, 0.5) is 0 Å². The van der Waals surface area contributed by atoms with Crippen LogP contribution in [0.2, 0.25) is 0 Å². The molecule has 0 aliphatic carbocycles. The SMILES string of the molecule is CC(=N[CH]=[V])C(C)(C)C. The van der Waals surface area contributed by atoms with Crippen molar-refractivity contribution in [1.29, 1.82) is 0 Å². The van der Waals surface area contributed by atoms with Crippen LogP contribution in [0.3, 0.4) is 0 Å². The molecule has 0 bridgehead atoms. The first-order chi connectivity index (χ1) is 3.98. The van der Waals surface area contributed by atoms with Crippen molar-refractivity contribution in [2.75, 3.05) is 0 Å². The molecular weight excluding hydrogens is 149 g/mol. The third-order valence-electron chi connectivity index (χ3n) is 1.34. The maximum absolute atomic E-state index is 4.16. The zero-order chi connectivity index (χ0) is 7.49. The van der Waals surface area contributed by atoms with Crippen molar-refractivity contribution in [1.82, 2.24) is 0 Å². The van der Waals surface area contributed by atoms with Crippen LogP contribution in [-0.2, 0) is 17.0 Å². The molecule has 0 saturated carbocycles. The second-order valence-corrected chi connectivity index (χ2v) is 3.44. The van der Waals surface area contributed by atoms with Gasteiger partial charge in [0.2, 0.25) is 0 Å². The number of rotatable bonds is 1. The fraction of sp³-hybridized carbons (Fsp3) is 0.714. The van der Waals surface area contributed by atoms with E-state index in [1.54, 1.807) is 4.85 Å². The Kier molecular flexibility index (Phi) is 3.38. The molecule has 0 fully saturated rings. The van der Waals surface area contributed by atoms with E-state index < -0.39 is 0 Å². The monoisotopic (exact) mass is 162 g/mol. The molecule has 2 heteroatoms. The van der Waals surface area contributed by atoms with Crippen LogP contribution in [-0.4, -0.2) is 10.6 Å². The Bertz CT molecular complexity index is 130. The average Bonchev–Trinajstić information content (AvgIpc) is 1.64. The van der Waals surface area contributed by atoms with Gasteiger partial charge in [-0.3, -0.25) is 0 Å². The van der Waals surface area contributed by atoms with E-state index in [4.69, 9.17) is 0 Å². The van der Waals surface area contributed by atoms with Crippen molar-refractivity contribution in [2.45, 2.75) is 27.7 Å². The Labute approximate surface area is 66.1 Å². The van der Waals surface area contributed by atoms with Gasteiger partial charge in [0.25, 0.3) is 0 Å². The van der Waals surface area contributed by atoms with Crippen LogP contribution in [0.5, 0.6) is 0 Å². The molecule has 0 atom stereocenters. The van der Waals surface area contributed by atoms with Crippen LogP contribution in [0.25, 0.3) is 0 Å². The van der Waals surface area contributed by atoms with Gasteiger partial charge in [-0.15, -0.1) is 0 Å². The summed E-state index contributed by atoms with van der Waals surface area (Å²) in [7, 11) is 0. The van der Waals surface area contributed by atoms with Crippen LogP contribution >= 0.6 is 0 Å². The van der Waals surface area contributed by atoms with Crippen molar-refractivity contribution < 1.29 is 17.0 Å². The standard InChI is InChI=1S/C7H13N.V/c1-6(8-5)7(2,3)4;/h5H,1-4H3;. The molecule has 0 aliphatic heterocycles. The van der Waals surface area contributed by atoms with Crippen molar-refractivity contribution in [2.24, 2.45) is 10.4 Å². The van der Waals surface area contributed by atoms with Gasteiger partial charge >= 0.3 is 65.6 Å². The zero-order valence-electron chi connectivity index (χ0n) is 6.47. The summed E-state index contributed by atoms with van der Waals surface area (Å²) in [6.07, 6.45) is 0. The van der Waals surface area contributed by atoms with Gasteiger partial charge in [-0.25, -0.2) is 0 Å². The first-order valence-electron chi connectivity index (χ1n) is 2.99. The molecule has 0 rings (SSSR count). The summed E-state index contributed by atoms with van der Waals surface area (Å²) in [5, 5.41) is 0. The van der Waals surface area contributed by atoms with Gasteiger partial charge in [0.1, 0.15) is 0 Å². The van der Waals surface area contributed by atoms with E-state index in [9.17, 15) is 0 Å². The van der Waals surface area contributed by atoms with Crippen molar-refractivity contribution in [3.05, 3.63) is 0 Å². The second-order valence-electron chi connectivity index (χ2n) is 3.08. The van der Waals surface area contributed by atoms with E-state index in [-0.39, 0.29) is 5.41 Å². The maximum atomic E-state index is 4.16. The molecule has 9 heavy (non-hydrogen) atoms. The third kappa shape index (κ3) is 3.66. The van der Waals surface area contributed by atoms with E-state index in [0.717, 1.165) is 0 Å². The minimum absolute atomic E-state index is 0.219. The number of nitrogens with zero attached hydrogens (tertiary/aromatic N) is 1. The van der Waals surface area contributed by atoms with Gasteiger partial charge in [-0.1, -0.05) is 0 Å². The average molecular weight is 162 g/mol. The van der Waals surface area contributed by atoms with Crippen LogP contribution < -0.4 is 0 Å². The van der Waals surface area contributed by atoms with Gasteiger partial charge < -0.3 is 0 Å². The third-order valence-corrected chi connectivity index (χ3v) is 1.52. The Morgan fingerprint density at radius 1 is 1.44 bits per heavy atom. The summed E-state index contributed by atoms with van der Waals surface area (Å²) >= 11 is 2.34. The summed E-state index contributed by atoms with van der Waals surface area (Å²) in [5.74, 6) is 0. The van der Waals surface area contributed by atoms with E-state index in [2.05, 4.69) is 42.7 Å². The molecule has 1 nitrogen and oxygen atoms in total. The molecule has 0 radical (unpaired) electrons. The first kappa shape index (κ1) is 9.12. The molecule has 0 aromatic rings. The normalized spacial score (nSPS) is 13.4.